The molecule has 24 heavy (non-hydrogen) atoms. The van der Waals surface area contributed by atoms with Crippen LogP contribution >= 0.6 is 0 Å². The third-order valence-corrected chi connectivity index (χ3v) is 5.74. The molecule has 1 saturated carbocycles. The van der Waals surface area contributed by atoms with Crippen molar-refractivity contribution in [3.05, 3.63) is 0 Å². The Hall–Kier alpha value is -1.14. The second-order valence-electron chi connectivity index (χ2n) is 7.26. The normalized spacial score (nSPS) is 26.3. The summed E-state index contributed by atoms with van der Waals surface area (Å²) in [4.78, 5) is 31.5. The number of nitrogens with zero attached hydrogens (tertiary/aromatic N) is 3. The lowest BCUT2D eigenvalue weighted by Crippen LogP contribution is -2.44. The van der Waals surface area contributed by atoms with Gasteiger partial charge in [-0.05, 0) is 19.8 Å². The highest BCUT2D eigenvalue weighted by molar-refractivity contribution is 5.89. The predicted molar refractivity (Wildman–Crippen MR) is 91.6 cm³/mol. The van der Waals surface area contributed by atoms with E-state index in [2.05, 4.69) is 11.8 Å². The SMILES string of the molecule is CCN(C(=O)C1CC(=O)N(CCN2CCOCC2)C1)C1CCCC1. The molecule has 0 radical (unpaired) electrons. The molecule has 3 fully saturated rings. The van der Waals surface area contributed by atoms with Crippen LogP contribution in [-0.4, -0.2) is 85.0 Å². The molecule has 136 valence electrons. The van der Waals surface area contributed by atoms with E-state index in [-0.39, 0.29) is 17.7 Å². The number of ether oxygens (including phenoxy) is 1. The molecular formula is C18H31N3O3. The molecule has 3 rings (SSSR count). The fourth-order valence-corrected chi connectivity index (χ4v) is 4.29. The smallest absolute Gasteiger partial charge is 0.228 e. The molecule has 6 nitrogen and oxygen atoms in total. The number of hydrogen-bond donors (Lipinski definition) is 0. The van der Waals surface area contributed by atoms with Gasteiger partial charge in [0.25, 0.3) is 0 Å². The molecule has 2 saturated heterocycles. The van der Waals surface area contributed by atoms with Gasteiger partial charge >= 0.3 is 0 Å². The topological polar surface area (TPSA) is 53.1 Å². The Kier molecular flexibility index (Phi) is 6.11. The molecule has 1 atom stereocenters. The lowest BCUT2D eigenvalue weighted by atomic mass is 10.1. The van der Waals surface area contributed by atoms with Gasteiger partial charge in [-0.1, -0.05) is 12.8 Å². The molecule has 3 aliphatic rings. The summed E-state index contributed by atoms with van der Waals surface area (Å²) in [6.07, 6.45) is 5.10. The Labute approximate surface area is 145 Å². The highest BCUT2D eigenvalue weighted by Crippen LogP contribution is 2.27. The lowest BCUT2D eigenvalue weighted by Gasteiger charge is -2.30. The zero-order valence-electron chi connectivity index (χ0n) is 14.9. The van der Waals surface area contributed by atoms with Gasteiger partial charge in [0.2, 0.25) is 11.8 Å². The summed E-state index contributed by atoms with van der Waals surface area (Å²) < 4.78 is 5.36. The Balaban J connectivity index is 1.50. The van der Waals surface area contributed by atoms with Gasteiger partial charge in [-0.3, -0.25) is 14.5 Å². The first-order valence-electron chi connectivity index (χ1n) is 9.57. The van der Waals surface area contributed by atoms with E-state index in [0.717, 1.165) is 58.8 Å². The van der Waals surface area contributed by atoms with E-state index in [4.69, 9.17) is 4.74 Å². The number of morpholine rings is 1. The summed E-state index contributed by atoms with van der Waals surface area (Å²) in [5.41, 5.74) is 0. The van der Waals surface area contributed by atoms with Crippen molar-refractivity contribution in [2.45, 2.75) is 45.1 Å². The van der Waals surface area contributed by atoms with E-state index < -0.39 is 0 Å². The highest BCUT2D eigenvalue weighted by Gasteiger charge is 2.38. The van der Waals surface area contributed by atoms with Crippen LogP contribution in [0.4, 0.5) is 0 Å². The van der Waals surface area contributed by atoms with Gasteiger partial charge in [0.1, 0.15) is 0 Å². The quantitative estimate of drug-likeness (QED) is 0.724. The third kappa shape index (κ3) is 4.09. The molecule has 0 aromatic heterocycles. The zero-order valence-corrected chi connectivity index (χ0v) is 14.9. The van der Waals surface area contributed by atoms with Crippen LogP contribution in [0, 0.1) is 5.92 Å². The van der Waals surface area contributed by atoms with Crippen molar-refractivity contribution in [2.24, 2.45) is 5.92 Å². The van der Waals surface area contributed by atoms with Crippen LogP contribution in [0.3, 0.4) is 0 Å². The summed E-state index contributed by atoms with van der Waals surface area (Å²) in [7, 11) is 0. The number of amides is 2. The molecule has 6 heteroatoms. The van der Waals surface area contributed by atoms with Crippen LogP contribution < -0.4 is 0 Å². The first-order valence-corrected chi connectivity index (χ1v) is 9.57. The van der Waals surface area contributed by atoms with Crippen molar-refractivity contribution >= 4 is 11.8 Å². The van der Waals surface area contributed by atoms with Crippen LogP contribution in [0.15, 0.2) is 0 Å². The van der Waals surface area contributed by atoms with Gasteiger partial charge in [0, 0.05) is 51.7 Å². The minimum atomic E-state index is -0.136. The molecule has 2 aliphatic heterocycles. The number of hydrogen-bond acceptors (Lipinski definition) is 4. The first kappa shape index (κ1) is 17.7. The molecule has 1 aliphatic carbocycles. The van der Waals surface area contributed by atoms with E-state index >= 15 is 0 Å². The zero-order chi connectivity index (χ0) is 16.9. The predicted octanol–water partition coefficient (Wildman–Crippen LogP) is 0.958. The molecule has 1 unspecified atom stereocenters. The van der Waals surface area contributed by atoms with Crippen LogP contribution in [0.25, 0.3) is 0 Å². The van der Waals surface area contributed by atoms with Gasteiger partial charge in [-0.15, -0.1) is 0 Å². The number of likely N-dealkylation sites (tertiary alicyclic amines) is 1. The molecule has 0 bridgehead atoms. The monoisotopic (exact) mass is 337 g/mol. The number of carbonyl (C=O) groups excluding carboxylic acids is 2. The molecule has 0 N–H and O–H groups in total. The van der Waals surface area contributed by atoms with Crippen molar-refractivity contribution in [3.63, 3.8) is 0 Å². The minimum Gasteiger partial charge on any atom is -0.379 e. The molecule has 0 aromatic carbocycles. The van der Waals surface area contributed by atoms with E-state index in [9.17, 15) is 9.59 Å². The van der Waals surface area contributed by atoms with Crippen molar-refractivity contribution < 1.29 is 14.3 Å². The molecule has 2 heterocycles. The minimum absolute atomic E-state index is 0.136. The van der Waals surface area contributed by atoms with Gasteiger partial charge in [-0.25, -0.2) is 0 Å². The van der Waals surface area contributed by atoms with Crippen LogP contribution in [0.5, 0.6) is 0 Å². The largest absolute Gasteiger partial charge is 0.379 e. The number of rotatable bonds is 6. The maximum absolute atomic E-state index is 12.9. The summed E-state index contributed by atoms with van der Waals surface area (Å²) in [5, 5.41) is 0. The van der Waals surface area contributed by atoms with Crippen molar-refractivity contribution in [3.8, 4) is 0 Å². The average Bonchev–Trinajstić information content (AvgIpc) is 3.25. The summed E-state index contributed by atoms with van der Waals surface area (Å²) in [6, 6.07) is 0.403. The van der Waals surface area contributed by atoms with Crippen molar-refractivity contribution in [2.75, 3.05) is 52.5 Å². The van der Waals surface area contributed by atoms with E-state index in [0.29, 0.717) is 19.0 Å². The summed E-state index contributed by atoms with van der Waals surface area (Å²) in [6.45, 7) is 8.49. The number of carbonyl (C=O) groups is 2. The Morgan fingerprint density at radius 2 is 1.92 bits per heavy atom. The van der Waals surface area contributed by atoms with Gasteiger partial charge in [-0.2, -0.15) is 0 Å². The van der Waals surface area contributed by atoms with E-state index in [1.54, 1.807) is 0 Å². The Morgan fingerprint density at radius 3 is 2.58 bits per heavy atom. The maximum atomic E-state index is 12.9. The highest BCUT2D eigenvalue weighted by atomic mass is 16.5. The van der Waals surface area contributed by atoms with E-state index in [1.807, 2.05) is 9.80 Å². The average molecular weight is 337 g/mol. The lowest BCUT2D eigenvalue weighted by molar-refractivity contribution is -0.137. The van der Waals surface area contributed by atoms with E-state index in [1.165, 1.54) is 12.8 Å². The fourth-order valence-electron chi connectivity index (χ4n) is 4.29. The summed E-state index contributed by atoms with van der Waals surface area (Å²) >= 11 is 0. The van der Waals surface area contributed by atoms with Gasteiger partial charge < -0.3 is 14.5 Å². The van der Waals surface area contributed by atoms with Crippen LogP contribution in [0.1, 0.15) is 39.0 Å². The third-order valence-electron chi connectivity index (χ3n) is 5.74. The molecule has 0 spiro atoms. The van der Waals surface area contributed by atoms with Crippen molar-refractivity contribution in [1.82, 2.24) is 14.7 Å². The maximum Gasteiger partial charge on any atom is 0.228 e. The second kappa shape index (κ2) is 8.30. The fraction of sp³-hybridized carbons (Fsp3) is 0.889. The summed E-state index contributed by atoms with van der Waals surface area (Å²) in [5.74, 6) is 0.207. The van der Waals surface area contributed by atoms with Gasteiger partial charge in [0.15, 0.2) is 0 Å². The molecule has 0 aromatic rings. The van der Waals surface area contributed by atoms with Crippen LogP contribution in [0.2, 0.25) is 0 Å². The molecular weight excluding hydrogens is 306 g/mol. The second-order valence-corrected chi connectivity index (χ2v) is 7.26. The first-order chi connectivity index (χ1) is 11.7. The van der Waals surface area contributed by atoms with Crippen LogP contribution in [-0.2, 0) is 14.3 Å². The molecule has 2 amide bonds. The van der Waals surface area contributed by atoms with Gasteiger partial charge in [0.05, 0.1) is 19.1 Å². The standard InChI is InChI=1S/C18H31N3O3/c1-2-21(16-5-3-4-6-16)18(23)15-13-17(22)20(14-15)8-7-19-9-11-24-12-10-19/h15-16H,2-14H2,1H3. The Morgan fingerprint density at radius 1 is 1.21 bits per heavy atom. The Bertz CT molecular complexity index is 445. The van der Waals surface area contributed by atoms with Crippen molar-refractivity contribution in [1.29, 1.82) is 0 Å².